The molecule has 1 amide bonds. The number of nitrogens with one attached hydrogen (secondary N) is 1. The Labute approximate surface area is 88.8 Å². The van der Waals surface area contributed by atoms with Crippen LogP contribution in [0.2, 0.25) is 0 Å². The normalized spacial score (nSPS) is 25.7. The highest BCUT2D eigenvalue weighted by Gasteiger charge is 2.48. The summed E-state index contributed by atoms with van der Waals surface area (Å²) in [7, 11) is 1.61. The summed E-state index contributed by atoms with van der Waals surface area (Å²) in [5, 5.41) is 11.4. The van der Waals surface area contributed by atoms with E-state index in [1.54, 1.807) is 7.11 Å². The minimum atomic E-state index is -0.875. The van der Waals surface area contributed by atoms with Crippen molar-refractivity contribution in [3.8, 4) is 0 Å². The van der Waals surface area contributed by atoms with Crippen LogP contribution in [0.3, 0.4) is 0 Å². The molecule has 1 aliphatic rings. The van der Waals surface area contributed by atoms with Crippen molar-refractivity contribution in [3.05, 3.63) is 0 Å². The molecule has 1 rings (SSSR count). The number of carbonyl (C=O) groups is 2. The second-order valence-corrected chi connectivity index (χ2v) is 4.09. The second kappa shape index (κ2) is 5.11. The van der Waals surface area contributed by atoms with Crippen molar-refractivity contribution < 1.29 is 19.4 Å². The van der Waals surface area contributed by atoms with Gasteiger partial charge in [0, 0.05) is 13.7 Å². The molecule has 3 unspecified atom stereocenters. The van der Waals surface area contributed by atoms with Crippen LogP contribution in [-0.4, -0.2) is 37.2 Å². The molecule has 3 atom stereocenters. The first-order valence-corrected chi connectivity index (χ1v) is 5.05. The third-order valence-electron chi connectivity index (χ3n) is 2.52. The molecule has 15 heavy (non-hydrogen) atoms. The molecule has 0 aromatic carbocycles. The largest absolute Gasteiger partial charge is 0.481 e. The van der Waals surface area contributed by atoms with Gasteiger partial charge in [-0.1, -0.05) is 6.92 Å². The van der Waals surface area contributed by atoms with E-state index in [1.807, 2.05) is 6.92 Å². The molecule has 0 aliphatic heterocycles. The molecule has 5 nitrogen and oxygen atoms in total. The van der Waals surface area contributed by atoms with Crippen molar-refractivity contribution in [2.45, 2.75) is 13.3 Å². The van der Waals surface area contributed by atoms with Gasteiger partial charge in [-0.25, -0.2) is 0 Å². The van der Waals surface area contributed by atoms with E-state index in [0.29, 0.717) is 19.6 Å². The lowest BCUT2D eigenvalue weighted by molar-refractivity contribution is -0.140. The Balaban J connectivity index is 2.18. The maximum Gasteiger partial charge on any atom is 0.307 e. The third-order valence-corrected chi connectivity index (χ3v) is 2.52. The number of carbonyl (C=O) groups excluding carboxylic acids is 1. The van der Waals surface area contributed by atoms with Gasteiger partial charge in [0.25, 0.3) is 0 Å². The quantitative estimate of drug-likeness (QED) is 0.659. The van der Waals surface area contributed by atoms with Gasteiger partial charge < -0.3 is 15.2 Å². The Kier molecular flexibility index (Phi) is 4.08. The number of carboxylic acids is 1. The smallest absolute Gasteiger partial charge is 0.307 e. The van der Waals surface area contributed by atoms with Crippen molar-refractivity contribution in [3.63, 3.8) is 0 Å². The molecule has 5 heteroatoms. The van der Waals surface area contributed by atoms with Gasteiger partial charge in [0.2, 0.25) is 5.91 Å². The van der Waals surface area contributed by atoms with Crippen LogP contribution in [-0.2, 0) is 14.3 Å². The Bertz CT molecular complexity index is 254. The van der Waals surface area contributed by atoms with Crippen LogP contribution in [0.1, 0.15) is 13.3 Å². The molecule has 2 N–H and O–H groups in total. The number of aliphatic carboxylic acids is 1. The zero-order chi connectivity index (χ0) is 11.4. The number of rotatable bonds is 6. The molecule has 86 valence electrons. The Morgan fingerprint density at radius 2 is 2.20 bits per heavy atom. The molecular weight excluding hydrogens is 198 g/mol. The summed E-state index contributed by atoms with van der Waals surface area (Å²) < 4.78 is 4.93. The summed E-state index contributed by atoms with van der Waals surface area (Å²) in [4.78, 5) is 21.9. The zero-order valence-electron chi connectivity index (χ0n) is 9.03. The number of amides is 1. The summed E-state index contributed by atoms with van der Waals surface area (Å²) in [6, 6.07) is 0. The topological polar surface area (TPSA) is 75.6 Å². The zero-order valence-corrected chi connectivity index (χ0v) is 9.03. The monoisotopic (exact) mass is 215 g/mol. The lowest BCUT2D eigenvalue weighted by atomic mass is 10.2. The van der Waals surface area contributed by atoms with E-state index in [1.165, 1.54) is 0 Å². The summed E-state index contributed by atoms with van der Waals surface area (Å²) >= 11 is 0. The lowest BCUT2D eigenvalue weighted by Gasteiger charge is -2.10. The minimum absolute atomic E-state index is 0.148. The van der Waals surface area contributed by atoms with Crippen LogP contribution in [0, 0.1) is 17.8 Å². The highest BCUT2D eigenvalue weighted by atomic mass is 16.5. The molecule has 1 fully saturated rings. The van der Waals surface area contributed by atoms with Crippen LogP contribution < -0.4 is 5.32 Å². The first kappa shape index (κ1) is 12.0. The molecule has 0 bridgehead atoms. The van der Waals surface area contributed by atoms with Gasteiger partial charge in [-0.2, -0.15) is 0 Å². The van der Waals surface area contributed by atoms with Crippen molar-refractivity contribution >= 4 is 11.9 Å². The molecule has 1 aliphatic carbocycles. The standard InChI is InChI=1S/C10H17NO4/c1-6(5-15-2)4-11-9(12)7-3-8(7)10(13)14/h6-8H,3-5H2,1-2H3,(H,11,12)(H,13,14). The van der Waals surface area contributed by atoms with Crippen molar-refractivity contribution in [1.29, 1.82) is 0 Å². The highest BCUT2D eigenvalue weighted by molar-refractivity contribution is 5.89. The van der Waals surface area contributed by atoms with Crippen molar-refractivity contribution in [2.24, 2.45) is 17.8 Å². The maximum absolute atomic E-state index is 11.4. The lowest BCUT2D eigenvalue weighted by Crippen LogP contribution is -2.31. The van der Waals surface area contributed by atoms with E-state index in [2.05, 4.69) is 5.32 Å². The second-order valence-electron chi connectivity index (χ2n) is 4.09. The number of hydrogen-bond donors (Lipinski definition) is 2. The van der Waals surface area contributed by atoms with Gasteiger partial charge in [0.15, 0.2) is 0 Å². The van der Waals surface area contributed by atoms with E-state index in [4.69, 9.17) is 9.84 Å². The maximum atomic E-state index is 11.4. The summed E-state index contributed by atoms with van der Waals surface area (Å²) in [6.07, 6.45) is 0.472. The number of ether oxygens (including phenoxy) is 1. The minimum Gasteiger partial charge on any atom is -0.481 e. The molecule has 0 heterocycles. The van der Waals surface area contributed by atoms with Crippen LogP contribution in [0.4, 0.5) is 0 Å². The van der Waals surface area contributed by atoms with Gasteiger partial charge >= 0.3 is 5.97 Å². The molecule has 0 spiro atoms. The summed E-state index contributed by atoms with van der Waals surface area (Å²) in [6.45, 7) is 3.09. The predicted molar refractivity (Wildman–Crippen MR) is 53.3 cm³/mol. The molecular formula is C10H17NO4. The fraction of sp³-hybridized carbons (Fsp3) is 0.800. The molecule has 0 saturated heterocycles. The highest BCUT2D eigenvalue weighted by Crippen LogP contribution is 2.38. The average Bonchev–Trinajstić information content (AvgIpc) is 2.94. The number of carboxylic acid groups (broad SMARTS) is 1. The van der Waals surface area contributed by atoms with E-state index in [0.717, 1.165) is 0 Å². The van der Waals surface area contributed by atoms with Gasteiger partial charge in [-0.3, -0.25) is 9.59 Å². The van der Waals surface area contributed by atoms with Gasteiger partial charge in [-0.05, 0) is 12.3 Å². The first-order chi connectivity index (χ1) is 7.06. The number of hydrogen-bond acceptors (Lipinski definition) is 3. The number of methoxy groups -OCH3 is 1. The van der Waals surface area contributed by atoms with Crippen LogP contribution in [0.25, 0.3) is 0 Å². The Morgan fingerprint density at radius 1 is 1.53 bits per heavy atom. The van der Waals surface area contributed by atoms with E-state index in [-0.39, 0.29) is 17.7 Å². The van der Waals surface area contributed by atoms with Crippen molar-refractivity contribution in [2.75, 3.05) is 20.3 Å². The predicted octanol–water partition coefficient (Wildman–Crippen LogP) is 0.106. The summed E-state index contributed by atoms with van der Waals surface area (Å²) in [5.41, 5.74) is 0. The fourth-order valence-corrected chi connectivity index (χ4v) is 1.51. The fourth-order valence-electron chi connectivity index (χ4n) is 1.51. The Morgan fingerprint density at radius 3 is 2.67 bits per heavy atom. The Hall–Kier alpha value is -1.10. The van der Waals surface area contributed by atoms with E-state index in [9.17, 15) is 9.59 Å². The molecule has 1 saturated carbocycles. The first-order valence-electron chi connectivity index (χ1n) is 5.05. The van der Waals surface area contributed by atoms with Gasteiger partial charge in [0.05, 0.1) is 18.4 Å². The van der Waals surface area contributed by atoms with Gasteiger partial charge in [0.1, 0.15) is 0 Å². The average molecular weight is 215 g/mol. The molecule has 0 radical (unpaired) electrons. The molecule has 0 aromatic rings. The third kappa shape index (κ3) is 3.51. The van der Waals surface area contributed by atoms with E-state index >= 15 is 0 Å². The SMILES string of the molecule is COCC(C)CNC(=O)C1CC1C(=O)O. The van der Waals surface area contributed by atoms with Gasteiger partial charge in [-0.15, -0.1) is 0 Å². The van der Waals surface area contributed by atoms with Crippen LogP contribution in [0.5, 0.6) is 0 Å². The van der Waals surface area contributed by atoms with Crippen LogP contribution >= 0.6 is 0 Å². The summed E-state index contributed by atoms with van der Waals surface area (Å²) in [5.74, 6) is -1.56. The van der Waals surface area contributed by atoms with Crippen LogP contribution in [0.15, 0.2) is 0 Å². The van der Waals surface area contributed by atoms with E-state index < -0.39 is 11.9 Å². The molecule has 0 aromatic heterocycles. The van der Waals surface area contributed by atoms with Crippen molar-refractivity contribution in [1.82, 2.24) is 5.32 Å².